The maximum absolute atomic E-state index is 11.8. The lowest BCUT2D eigenvalue weighted by Crippen LogP contribution is -2.43. The van der Waals surface area contributed by atoms with Crippen molar-refractivity contribution in [3.8, 4) is 11.5 Å². The normalized spacial score (nSPS) is 30.6. The molecule has 1 aromatic rings. The van der Waals surface area contributed by atoms with Crippen molar-refractivity contribution in [1.82, 2.24) is 5.32 Å². The molecule has 6 nitrogen and oxygen atoms in total. The fraction of sp³-hybridized carbons (Fsp3) is 0.526. The standard InChI is InChI=1S/C19H23NO5/c1-11(21)8-16(23)24-13-4-5-19-6-7-20-10-12-2-3-14(22)18(17(12)19)25-15(19)9-13/h2-5,11,13,15,20-22H,6-10H2,1H3/t11-,13-,15-,19-/m0/s1. The van der Waals surface area contributed by atoms with Gasteiger partial charge in [-0.05, 0) is 37.6 Å². The highest BCUT2D eigenvalue weighted by Crippen LogP contribution is 2.55. The molecule has 2 heterocycles. The zero-order valence-corrected chi connectivity index (χ0v) is 14.2. The highest BCUT2D eigenvalue weighted by Gasteiger charge is 2.52. The van der Waals surface area contributed by atoms with E-state index in [1.807, 2.05) is 12.1 Å². The van der Waals surface area contributed by atoms with Crippen molar-refractivity contribution in [2.45, 2.75) is 56.5 Å². The lowest BCUT2D eigenvalue weighted by atomic mass is 9.69. The lowest BCUT2D eigenvalue weighted by molar-refractivity contribution is -0.150. The number of aliphatic hydroxyl groups is 1. The highest BCUT2D eigenvalue weighted by molar-refractivity contribution is 5.70. The fourth-order valence-corrected chi connectivity index (χ4v) is 4.25. The summed E-state index contributed by atoms with van der Waals surface area (Å²) in [5.41, 5.74) is 1.91. The smallest absolute Gasteiger partial charge is 0.308 e. The summed E-state index contributed by atoms with van der Waals surface area (Å²) in [6.45, 7) is 3.17. The number of hydrogen-bond donors (Lipinski definition) is 3. The average Bonchev–Trinajstić information content (AvgIpc) is 2.77. The van der Waals surface area contributed by atoms with E-state index in [0.717, 1.165) is 30.6 Å². The minimum absolute atomic E-state index is 0.0178. The van der Waals surface area contributed by atoms with Crippen molar-refractivity contribution in [3.63, 3.8) is 0 Å². The Kier molecular flexibility index (Phi) is 3.96. The van der Waals surface area contributed by atoms with E-state index in [4.69, 9.17) is 9.47 Å². The third-order valence-electron chi connectivity index (χ3n) is 5.35. The molecule has 1 aromatic carbocycles. The molecule has 0 unspecified atom stereocenters. The zero-order chi connectivity index (χ0) is 17.6. The summed E-state index contributed by atoms with van der Waals surface area (Å²) < 4.78 is 11.6. The fourth-order valence-electron chi connectivity index (χ4n) is 4.25. The van der Waals surface area contributed by atoms with Crippen LogP contribution in [0.4, 0.5) is 0 Å². The van der Waals surface area contributed by atoms with Crippen LogP contribution in [0.5, 0.6) is 11.5 Å². The number of esters is 1. The van der Waals surface area contributed by atoms with Gasteiger partial charge in [-0.1, -0.05) is 12.1 Å². The summed E-state index contributed by atoms with van der Waals surface area (Å²) in [7, 11) is 0. The van der Waals surface area contributed by atoms with Crippen LogP contribution in [-0.4, -0.2) is 41.0 Å². The number of benzene rings is 1. The highest BCUT2D eigenvalue weighted by atomic mass is 16.5. The molecule has 3 aliphatic rings. The first-order valence-corrected chi connectivity index (χ1v) is 8.79. The molecule has 1 aliphatic carbocycles. The van der Waals surface area contributed by atoms with Gasteiger partial charge in [0.15, 0.2) is 11.5 Å². The van der Waals surface area contributed by atoms with E-state index in [-0.39, 0.29) is 29.8 Å². The van der Waals surface area contributed by atoms with Gasteiger partial charge in [0.25, 0.3) is 0 Å². The average molecular weight is 345 g/mol. The molecule has 0 radical (unpaired) electrons. The predicted octanol–water partition coefficient (Wildman–Crippen LogP) is 1.53. The van der Waals surface area contributed by atoms with E-state index in [9.17, 15) is 15.0 Å². The van der Waals surface area contributed by atoms with Crippen molar-refractivity contribution in [2.75, 3.05) is 6.54 Å². The molecule has 4 atom stereocenters. The first-order valence-electron chi connectivity index (χ1n) is 8.79. The van der Waals surface area contributed by atoms with E-state index in [1.54, 1.807) is 13.0 Å². The van der Waals surface area contributed by atoms with Crippen molar-refractivity contribution in [3.05, 3.63) is 35.4 Å². The van der Waals surface area contributed by atoms with Crippen LogP contribution >= 0.6 is 0 Å². The largest absolute Gasteiger partial charge is 0.504 e. The topological polar surface area (TPSA) is 88.0 Å². The minimum Gasteiger partial charge on any atom is -0.504 e. The summed E-state index contributed by atoms with van der Waals surface area (Å²) in [6.07, 6.45) is 4.13. The molecule has 0 fully saturated rings. The van der Waals surface area contributed by atoms with Gasteiger partial charge in [0, 0.05) is 18.5 Å². The first-order chi connectivity index (χ1) is 12.0. The molecule has 25 heavy (non-hydrogen) atoms. The molecule has 4 rings (SSSR count). The zero-order valence-electron chi connectivity index (χ0n) is 14.2. The first kappa shape index (κ1) is 16.4. The monoisotopic (exact) mass is 345 g/mol. The van der Waals surface area contributed by atoms with Gasteiger partial charge in [0.1, 0.15) is 12.2 Å². The maximum atomic E-state index is 11.8. The summed E-state index contributed by atoms with van der Waals surface area (Å²) in [6, 6.07) is 3.62. The Morgan fingerprint density at radius 2 is 2.36 bits per heavy atom. The molecule has 6 heteroatoms. The number of carbonyl (C=O) groups is 1. The second kappa shape index (κ2) is 6.04. The number of carbonyl (C=O) groups excluding carboxylic acids is 1. The van der Waals surface area contributed by atoms with Crippen LogP contribution in [0.1, 0.15) is 37.3 Å². The van der Waals surface area contributed by atoms with E-state index >= 15 is 0 Å². The van der Waals surface area contributed by atoms with Crippen LogP contribution in [0, 0.1) is 0 Å². The quantitative estimate of drug-likeness (QED) is 0.569. The molecule has 0 amide bonds. The van der Waals surface area contributed by atoms with Crippen molar-refractivity contribution >= 4 is 5.97 Å². The Bertz CT molecular complexity index is 729. The van der Waals surface area contributed by atoms with Gasteiger partial charge in [0.05, 0.1) is 17.9 Å². The Morgan fingerprint density at radius 3 is 3.16 bits per heavy atom. The molecule has 0 saturated heterocycles. The van der Waals surface area contributed by atoms with E-state index in [1.165, 1.54) is 0 Å². The van der Waals surface area contributed by atoms with Gasteiger partial charge in [-0.3, -0.25) is 4.79 Å². The third kappa shape index (κ3) is 2.69. The van der Waals surface area contributed by atoms with Crippen molar-refractivity contribution in [1.29, 1.82) is 0 Å². The van der Waals surface area contributed by atoms with Gasteiger partial charge in [-0.2, -0.15) is 0 Å². The molecule has 1 spiro atoms. The summed E-state index contributed by atoms with van der Waals surface area (Å²) in [4.78, 5) is 11.8. The van der Waals surface area contributed by atoms with Crippen LogP contribution in [0.15, 0.2) is 24.3 Å². The van der Waals surface area contributed by atoms with Crippen LogP contribution in [0.25, 0.3) is 0 Å². The minimum atomic E-state index is -0.717. The van der Waals surface area contributed by atoms with E-state index in [0.29, 0.717) is 12.2 Å². The molecule has 2 aliphatic heterocycles. The van der Waals surface area contributed by atoms with Crippen LogP contribution in [-0.2, 0) is 21.5 Å². The molecular formula is C19H23NO5. The third-order valence-corrected chi connectivity index (χ3v) is 5.35. The molecule has 0 bridgehead atoms. The Hall–Kier alpha value is -2.05. The number of nitrogens with one attached hydrogen (secondary N) is 1. The number of ether oxygens (including phenoxy) is 2. The molecule has 134 valence electrons. The van der Waals surface area contributed by atoms with Crippen LogP contribution in [0.2, 0.25) is 0 Å². The van der Waals surface area contributed by atoms with Gasteiger partial charge < -0.3 is 25.0 Å². The number of aliphatic hydroxyl groups excluding tert-OH is 1. The molecule has 0 saturated carbocycles. The van der Waals surface area contributed by atoms with Gasteiger partial charge in [-0.15, -0.1) is 0 Å². The van der Waals surface area contributed by atoms with Gasteiger partial charge in [0.2, 0.25) is 0 Å². The van der Waals surface area contributed by atoms with Crippen molar-refractivity contribution in [2.24, 2.45) is 0 Å². The van der Waals surface area contributed by atoms with E-state index in [2.05, 4.69) is 11.4 Å². The van der Waals surface area contributed by atoms with Crippen LogP contribution < -0.4 is 10.1 Å². The molecule has 3 N–H and O–H groups in total. The second-order valence-corrected chi connectivity index (χ2v) is 7.20. The number of aromatic hydroxyl groups is 1. The van der Waals surface area contributed by atoms with Gasteiger partial charge >= 0.3 is 5.97 Å². The van der Waals surface area contributed by atoms with E-state index < -0.39 is 12.1 Å². The second-order valence-electron chi connectivity index (χ2n) is 7.20. The Labute approximate surface area is 146 Å². The summed E-state index contributed by atoms with van der Waals surface area (Å²) >= 11 is 0. The SMILES string of the molecule is C[C@H](O)CC(=O)O[C@H]1C=C[C@@]23CCNCc4ccc(O)c(c42)O[C@H]3C1. The Balaban J connectivity index is 1.64. The summed E-state index contributed by atoms with van der Waals surface area (Å²) in [5.74, 6) is 0.305. The van der Waals surface area contributed by atoms with Crippen LogP contribution in [0.3, 0.4) is 0 Å². The molecule has 0 aromatic heterocycles. The van der Waals surface area contributed by atoms with Crippen molar-refractivity contribution < 1.29 is 24.5 Å². The number of rotatable bonds is 3. The summed E-state index contributed by atoms with van der Waals surface area (Å²) in [5, 5.41) is 23.0. The lowest BCUT2D eigenvalue weighted by Gasteiger charge is -2.36. The Morgan fingerprint density at radius 1 is 1.52 bits per heavy atom. The number of phenols is 1. The van der Waals surface area contributed by atoms with Gasteiger partial charge in [-0.25, -0.2) is 0 Å². The maximum Gasteiger partial charge on any atom is 0.308 e. The predicted molar refractivity (Wildman–Crippen MR) is 90.5 cm³/mol. The number of phenolic OH excluding ortho intramolecular Hbond substituents is 1. The number of hydrogen-bond acceptors (Lipinski definition) is 6. The molecular weight excluding hydrogens is 322 g/mol.